The molecule has 6 nitrogen and oxygen atoms in total. The molecular formula is C14H16FN3O3. The Morgan fingerprint density at radius 1 is 1.38 bits per heavy atom. The van der Waals surface area contributed by atoms with Crippen LogP contribution in [0.2, 0.25) is 0 Å². The number of hydrogen-bond acceptors (Lipinski definition) is 3. The summed E-state index contributed by atoms with van der Waals surface area (Å²) in [7, 11) is 0. The lowest BCUT2D eigenvalue weighted by Crippen LogP contribution is -2.41. The minimum absolute atomic E-state index is 0.384. The highest BCUT2D eigenvalue weighted by molar-refractivity contribution is 6.09. The van der Waals surface area contributed by atoms with Gasteiger partial charge < -0.3 is 10.6 Å². The van der Waals surface area contributed by atoms with Crippen LogP contribution >= 0.6 is 0 Å². The Kier molecular flexibility index (Phi) is 3.67. The van der Waals surface area contributed by atoms with E-state index in [4.69, 9.17) is 0 Å². The number of halogens is 1. The summed E-state index contributed by atoms with van der Waals surface area (Å²) in [5.41, 5.74) is -0.0167. The van der Waals surface area contributed by atoms with Crippen LogP contribution in [-0.2, 0) is 9.59 Å². The fourth-order valence-electron chi connectivity index (χ4n) is 2.06. The van der Waals surface area contributed by atoms with E-state index < -0.39 is 29.2 Å². The topological polar surface area (TPSA) is 78.5 Å². The summed E-state index contributed by atoms with van der Waals surface area (Å²) in [5.74, 6) is -1.38. The number of amides is 4. The molecule has 0 aromatic heterocycles. The van der Waals surface area contributed by atoms with E-state index in [0.29, 0.717) is 11.3 Å². The van der Waals surface area contributed by atoms with Crippen molar-refractivity contribution in [3.05, 3.63) is 29.6 Å². The second kappa shape index (κ2) is 5.16. The Balaban J connectivity index is 2.06. The van der Waals surface area contributed by atoms with Crippen molar-refractivity contribution in [2.45, 2.75) is 26.3 Å². The number of carbonyl (C=O) groups is 3. The summed E-state index contributed by atoms with van der Waals surface area (Å²) in [6.45, 7) is 4.39. The minimum atomic E-state index is -1.01. The van der Waals surface area contributed by atoms with Crippen LogP contribution in [-0.4, -0.2) is 34.8 Å². The zero-order valence-electron chi connectivity index (χ0n) is 12.0. The molecule has 0 radical (unpaired) electrons. The number of hydrogen-bond donors (Lipinski definition) is 2. The molecule has 21 heavy (non-hydrogen) atoms. The number of benzene rings is 1. The van der Waals surface area contributed by atoms with E-state index >= 15 is 0 Å². The third kappa shape index (κ3) is 3.01. The van der Waals surface area contributed by atoms with Gasteiger partial charge in [-0.2, -0.15) is 0 Å². The lowest BCUT2D eigenvalue weighted by atomic mass is 10.1. The minimum Gasteiger partial charge on any atom is -0.324 e. The first-order valence-electron chi connectivity index (χ1n) is 6.41. The summed E-state index contributed by atoms with van der Waals surface area (Å²) < 4.78 is 13.0. The van der Waals surface area contributed by atoms with Gasteiger partial charge in [-0.05, 0) is 44.5 Å². The molecule has 1 aromatic rings. The molecule has 1 aromatic carbocycles. The van der Waals surface area contributed by atoms with Gasteiger partial charge in [0.2, 0.25) is 5.91 Å². The van der Waals surface area contributed by atoms with Gasteiger partial charge in [-0.3, -0.25) is 14.5 Å². The monoisotopic (exact) mass is 293 g/mol. The largest absolute Gasteiger partial charge is 0.325 e. The maximum Gasteiger partial charge on any atom is 0.325 e. The van der Waals surface area contributed by atoms with E-state index in [9.17, 15) is 18.8 Å². The predicted octanol–water partition coefficient (Wildman–Crippen LogP) is 1.40. The highest BCUT2D eigenvalue weighted by Crippen LogP contribution is 2.18. The summed E-state index contributed by atoms with van der Waals surface area (Å²) in [6.07, 6.45) is 0. The molecule has 0 aliphatic carbocycles. The fraction of sp³-hybridized carbons (Fsp3) is 0.357. The van der Waals surface area contributed by atoms with Crippen molar-refractivity contribution in [2.24, 2.45) is 0 Å². The van der Waals surface area contributed by atoms with Crippen molar-refractivity contribution in [3.63, 3.8) is 0 Å². The number of urea groups is 1. The normalized spacial score (nSPS) is 16.9. The molecule has 7 heteroatoms. The molecule has 2 N–H and O–H groups in total. The van der Waals surface area contributed by atoms with E-state index in [-0.39, 0.29) is 6.54 Å². The Bertz CT molecular complexity index is 628. The van der Waals surface area contributed by atoms with Gasteiger partial charge in [0.05, 0.1) is 0 Å². The lowest BCUT2D eigenvalue weighted by molar-refractivity contribution is -0.132. The lowest BCUT2D eigenvalue weighted by Gasteiger charge is -2.16. The van der Waals surface area contributed by atoms with E-state index in [2.05, 4.69) is 10.6 Å². The van der Waals surface area contributed by atoms with Crippen LogP contribution in [0.1, 0.15) is 19.4 Å². The molecule has 1 aliphatic rings. The number of nitrogens with zero attached hydrogens (tertiary/aromatic N) is 1. The summed E-state index contributed by atoms with van der Waals surface area (Å²) in [5, 5.41) is 5.04. The second-order valence-electron chi connectivity index (χ2n) is 5.45. The van der Waals surface area contributed by atoms with Crippen molar-refractivity contribution in [1.29, 1.82) is 0 Å². The number of imide groups is 1. The van der Waals surface area contributed by atoms with Gasteiger partial charge >= 0.3 is 6.03 Å². The highest BCUT2D eigenvalue weighted by atomic mass is 19.1. The third-order valence-corrected chi connectivity index (χ3v) is 3.21. The van der Waals surface area contributed by atoms with Crippen LogP contribution in [0.4, 0.5) is 14.9 Å². The highest BCUT2D eigenvalue weighted by Gasteiger charge is 2.44. The third-order valence-electron chi connectivity index (χ3n) is 3.21. The van der Waals surface area contributed by atoms with Crippen LogP contribution in [0, 0.1) is 12.7 Å². The Labute approximate surface area is 121 Å². The van der Waals surface area contributed by atoms with Gasteiger partial charge in [0.25, 0.3) is 5.91 Å². The maximum atomic E-state index is 13.0. The van der Waals surface area contributed by atoms with Gasteiger partial charge in [0, 0.05) is 5.69 Å². The summed E-state index contributed by atoms with van der Waals surface area (Å²) >= 11 is 0. The Hall–Kier alpha value is -2.44. The quantitative estimate of drug-likeness (QED) is 0.827. The van der Waals surface area contributed by atoms with Crippen molar-refractivity contribution in [3.8, 4) is 0 Å². The smallest absolute Gasteiger partial charge is 0.324 e. The number of anilines is 1. The summed E-state index contributed by atoms with van der Waals surface area (Å²) in [4.78, 5) is 36.4. The molecule has 0 atom stereocenters. The maximum absolute atomic E-state index is 13.0. The molecule has 0 spiro atoms. The molecule has 2 rings (SSSR count). The van der Waals surface area contributed by atoms with Crippen molar-refractivity contribution in [1.82, 2.24) is 10.2 Å². The Morgan fingerprint density at radius 2 is 2.05 bits per heavy atom. The van der Waals surface area contributed by atoms with Crippen molar-refractivity contribution in [2.75, 3.05) is 11.9 Å². The zero-order valence-corrected chi connectivity index (χ0v) is 12.0. The summed E-state index contributed by atoms with van der Waals surface area (Å²) in [6, 6.07) is 3.33. The first kappa shape index (κ1) is 15.0. The van der Waals surface area contributed by atoms with E-state index in [1.54, 1.807) is 20.8 Å². The zero-order chi connectivity index (χ0) is 15.8. The van der Waals surface area contributed by atoms with Gasteiger partial charge in [-0.1, -0.05) is 0 Å². The molecule has 112 valence electrons. The molecule has 0 unspecified atom stereocenters. The second-order valence-corrected chi connectivity index (χ2v) is 5.45. The van der Waals surface area contributed by atoms with Crippen molar-refractivity contribution < 1.29 is 18.8 Å². The standard InChI is InChI=1S/C14H16FN3O3/c1-8-6-9(15)4-5-10(8)16-11(19)7-18-12(20)14(2,3)17-13(18)21/h4-6H,7H2,1-3H3,(H,16,19)(H,17,21). The van der Waals surface area contributed by atoms with Gasteiger partial charge in [-0.25, -0.2) is 9.18 Å². The van der Waals surface area contributed by atoms with E-state index in [0.717, 1.165) is 4.90 Å². The number of carbonyl (C=O) groups excluding carboxylic acids is 3. The van der Waals surface area contributed by atoms with Crippen molar-refractivity contribution >= 4 is 23.5 Å². The van der Waals surface area contributed by atoms with E-state index in [1.807, 2.05) is 0 Å². The van der Waals surface area contributed by atoms with Crippen LogP contribution in [0.3, 0.4) is 0 Å². The molecule has 1 fully saturated rings. The molecule has 4 amide bonds. The number of aryl methyl sites for hydroxylation is 1. The van der Waals surface area contributed by atoms with Gasteiger partial charge in [0.15, 0.2) is 0 Å². The van der Waals surface area contributed by atoms with Crippen LogP contribution < -0.4 is 10.6 Å². The number of rotatable bonds is 3. The molecule has 0 saturated carbocycles. The fourth-order valence-corrected chi connectivity index (χ4v) is 2.06. The van der Waals surface area contributed by atoms with Gasteiger partial charge in [-0.15, -0.1) is 0 Å². The average molecular weight is 293 g/mol. The first-order valence-corrected chi connectivity index (χ1v) is 6.41. The van der Waals surface area contributed by atoms with Gasteiger partial charge in [0.1, 0.15) is 17.9 Å². The van der Waals surface area contributed by atoms with E-state index in [1.165, 1.54) is 18.2 Å². The molecular weight excluding hydrogens is 277 g/mol. The molecule has 1 aliphatic heterocycles. The molecule has 1 saturated heterocycles. The number of nitrogens with one attached hydrogen (secondary N) is 2. The van der Waals surface area contributed by atoms with Crippen LogP contribution in [0.25, 0.3) is 0 Å². The SMILES string of the molecule is Cc1cc(F)ccc1NC(=O)CN1C(=O)NC(C)(C)C1=O. The van der Waals surface area contributed by atoms with Crippen LogP contribution in [0.15, 0.2) is 18.2 Å². The Morgan fingerprint density at radius 3 is 2.57 bits per heavy atom. The van der Waals surface area contributed by atoms with Crippen LogP contribution in [0.5, 0.6) is 0 Å². The average Bonchev–Trinajstić information content (AvgIpc) is 2.55. The predicted molar refractivity (Wildman–Crippen MR) is 74.1 cm³/mol. The molecule has 1 heterocycles. The first-order chi connectivity index (χ1) is 9.70. The molecule has 0 bridgehead atoms.